The second-order valence-corrected chi connectivity index (χ2v) is 7.13. The predicted molar refractivity (Wildman–Crippen MR) is 90.4 cm³/mol. The lowest BCUT2D eigenvalue weighted by Crippen LogP contribution is -2.11. The van der Waals surface area contributed by atoms with E-state index in [0.717, 1.165) is 5.69 Å². The average molecular weight is 368 g/mol. The van der Waals surface area contributed by atoms with Crippen LogP contribution in [0.2, 0.25) is 10.2 Å². The van der Waals surface area contributed by atoms with Gasteiger partial charge in [0.1, 0.15) is 11.0 Å². The number of primary sulfonamides is 1. The number of para-hydroxylation sites is 1. The summed E-state index contributed by atoms with van der Waals surface area (Å²) in [5.74, 6) is 0.545. The molecule has 1 aromatic heterocycles. The fourth-order valence-corrected chi connectivity index (χ4v) is 3.10. The maximum atomic E-state index is 11.3. The van der Waals surface area contributed by atoms with Crippen LogP contribution in [0.4, 0.5) is 0 Å². The van der Waals surface area contributed by atoms with Crippen molar-refractivity contribution >= 4 is 33.2 Å². The fraction of sp³-hybridized carbons (Fsp3) is 0. The Hall–Kier alpha value is -1.86. The molecule has 0 atom stereocenters. The third-order valence-corrected chi connectivity index (χ3v) is 4.66. The number of hydrogen-bond donors (Lipinski definition) is 1. The Kier molecular flexibility index (Phi) is 4.16. The van der Waals surface area contributed by atoms with Crippen LogP contribution in [-0.4, -0.2) is 18.0 Å². The molecule has 118 valence electrons. The van der Waals surface area contributed by atoms with Crippen LogP contribution in [0.1, 0.15) is 0 Å². The van der Waals surface area contributed by atoms with Gasteiger partial charge >= 0.3 is 0 Å². The molecule has 0 bridgehead atoms. The maximum Gasteiger partial charge on any atom is 0.238 e. The number of imidazole rings is 1. The Morgan fingerprint density at radius 2 is 1.65 bits per heavy atom. The molecule has 0 aliphatic carbocycles. The number of sulfonamides is 1. The predicted octanol–water partition coefficient (Wildman–Crippen LogP) is 3.49. The third-order valence-electron chi connectivity index (χ3n) is 3.23. The molecule has 0 unspecified atom stereocenters. The van der Waals surface area contributed by atoms with E-state index in [9.17, 15) is 8.42 Å². The smallest absolute Gasteiger partial charge is 0.238 e. The first-order chi connectivity index (χ1) is 10.9. The van der Waals surface area contributed by atoms with Crippen LogP contribution < -0.4 is 5.14 Å². The zero-order valence-corrected chi connectivity index (χ0v) is 14.0. The molecule has 0 fully saturated rings. The van der Waals surface area contributed by atoms with Crippen molar-refractivity contribution in [3.63, 3.8) is 0 Å². The van der Waals surface area contributed by atoms with Crippen LogP contribution in [-0.2, 0) is 10.0 Å². The van der Waals surface area contributed by atoms with E-state index in [1.165, 1.54) is 12.1 Å². The van der Waals surface area contributed by atoms with E-state index in [2.05, 4.69) is 4.98 Å². The summed E-state index contributed by atoms with van der Waals surface area (Å²) in [5, 5.41) is 5.95. The van der Waals surface area contributed by atoms with Gasteiger partial charge in [0.2, 0.25) is 10.0 Å². The SMILES string of the molecule is NS(=O)(=O)c1ccc(-c2nc(Cl)cn2-c2ccccc2Cl)cc1. The van der Waals surface area contributed by atoms with Gasteiger partial charge < -0.3 is 0 Å². The normalized spacial score (nSPS) is 11.6. The molecule has 0 aliphatic heterocycles. The van der Waals surface area contributed by atoms with E-state index >= 15 is 0 Å². The Morgan fingerprint density at radius 3 is 2.26 bits per heavy atom. The van der Waals surface area contributed by atoms with Gasteiger partial charge in [-0.2, -0.15) is 0 Å². The van der Waals surface area contributed by atoms with Gasteiger partial charge in [-0.1, -0.05) is 35.3 Å². The first-order valence-corrected chi connectivity index (χ1v) is 8.79. The summed E-state index contributed by atoms with van der Waals surface area (Å²) in [6, 6.07) is 13.3. The Balaban J connectivity index is 2.13. The third kappa shape index (κ3) is 3.25. The molecule has 0 saturated heterocycles. The maximum absolute atomic E-state index is 11.3. The zero-order chi connectivity index (χ0) is 16.6. The van der Waals surface area contributed by atoms with Gasteiger partial charge in [-0.15, -0.1) is 0 Å². The van der Waals surface area contributed by atoms with E-state index in [-0.39, 0.29) is 4.90 Å². The van der Waals surface area contributed by atoms with Crippen molar-refractivity contribution in [1.29, 1.82) is 0 Å². The molecule has 3 rings (SSSR count). The van der Waals surface area contributed by atoms with Gasteiger partial charge in [0.15, 0.2) is 0 Å². The van der Waals surface area contributed by atoms with Crippen molar-refractivity contribution in [2.24, 2.45) is 5.14 Å². The highest BCUT2D eigenvalue weighted by Gasteiger charge is 2.14. The first-order valence-electron chi connectivity index (χ1n) is 6.49. The number of nitrogens with zero attached hydrogens (tertiary/aromatic N) is 2. The summed E-state index contributed by atoms with van der Waals surface area (Å²) in [4.78, 5) is 4.31. The number of benzene rings is 2. The molecule has 0 radical (unpaired) electrons. The molecular formula is C15H11Cl2N3O2S. The number of nitrogens with two attached hydrogens (primary N) is 1. The van der Waals surface area contributed by atoms with Crippen molar-refractivity contribution in [1.82, 2.24) is 9.55 Å². The molecular weight excluding hydrogens is 357 g/mol. The van der Waals surface area contributed by atoms with Gasteiger partial charge in [-0.3, -0.25) is 4.57 Å². The molecule has 0 aliphatic rings. The first kappa shape index (κ1) is 16.0. The molecule has 0 spiro atoms. The number of aromatic nitrogens is 2. The highest BCUT2D eigenvalue weighted by Crippen LogP contribution is 2.29. The highest BCUT2D eigenvalue weighted by atomic mass is 35.5. The van der Waals surface area contributed by atoms with Gasteiger partial charge in [-0.25, -0.2) is 18.5 Å². The average Bonchev–Trinajstić information content (AvgIpc) is 2.89. The van der Waals surface area contributed by atoms with E-state index in [0.29, 0.717) is 21.6 Å². The summed E-state index contributed by atoms with van der Waals surface area (Å²) in [5.41, 5.74) is 1.41. The van der Waals surface area contributed by atoms with E-state index < -0.39 is 10.0 Å². The lowest BCUT2D eigenvalue weighted by Gasteiger charge is -2.09. The van der Waals surface area contributed by atoms with Crippen LogP contribution in [0.15, 0.2) is 59.6 Å². The Morgan fingerprint density at radius 1 is 1.00 bits per heavy atom. The minimum Gasteiger partial charge on any atom is -0.297 e. The Bertz CT molecular complexity index is 967. The molecule has 0 amide bonds. The summed E-state index contributed by atoms with van der Waals surface area (Å²) in [6.45, 7) is 0. The van der Waals surface area contributed by atoms with Crippen LogP contribution >= 0.6 is 23.2 Å². The van der Waals surface area contributed by atoms with Crippen LogP contribution in [0, 0.1) is 0 Å². The van der Waals surface area contributed by atoms with Crippen molar-refractivity contribution in [2.45, 2.75) is 4.90 Å². The molecule has 8 heteroatoms. The quantitative estimate of drug-likeness (QED) is 0.769. The molecule has 3 aromatic rings. The van der Waals surface area contributed by atoms with E-state index in [1.807, 2.05) is 18.2 Å². The highest BCUT2D eigenvalue weighted by molar-refractivity contribution is 7.89. The largest absolute Gasteiger partial charge is 0.297 e. The van der Waals surface area contributed by atoms with Crippen LogP contribution in [0.25, 0.3) is 17.1 Å². The molecule has 0 saturated carbocycles. The number of rotatable bonds is 3. The summed E-state index contributed by atoms with van der Waals surface area (Å²) < 4.78 is 24.4. The zero-order valence-electron chi connectivity index (χ0n) is 11.6. The standard InChI is InChI=1S/C15H11Cl2N3O2S/c16-12-3-1-2-4-13(12)20-9-14(17)19-15(20)10-5-7-11(8-6-10)23(18,21)22/h1-9H,(H2,18,21,22). The summed E-state index contributed by atoms with van der Waals surface area (Å²) >= 11 is 12.3. The van der Waals surface area contributed by atoms with E-state index in [1.54, 1.807) is 29.0 Å². The summed E-state index contributed by atoms with van der Waals surface area (Å²) in [7, 11) is -3.74. The van der Waals surface area contributed by atoms with Gasteiger partial charge in [0.25, 0.3) is 0 Å². The van der Waals surface area contributed by atoms with Gasteiger partial charge in [0, 0.05) is 11.8 Å². The second kappa shape index (κ2) is 5.98. The Labute approximate surface area is 143 Å². The minimum atomic E-state index is -3.74. The van der Waals surface area contributed by atoms with Crippen molar-refractivity contribution in [3.05, 3.63) is 64.9 Å². The number of halogens is 2. The van der Waals surface area contributed by atoms with Crippen molar-refractivity contribution in [2.75, 3.05) is 0 Å². The lowest BCUT2D eigenvalue weighted by atomic mass is 10.2. The lowest BCUT2D eigenvalue weighted by molar-refractivity contribution is 0.598. The fourth-order valence-electron chi connectivity index (χ4n) is 2.18. The molecule has 5 nitrogen and oxygen atoms in total. The van der Waals surface area contributed by atoms with Crippen molar-refractivity contribution in [3.8, 4) is 17.1 Å². The van der Waals surface area contributed by atoms with Gasteiger partial charge in [-0.05, 0) is 36.4 Å². The molecule has 2 aromatic carbocycles. The second-order valence-electron chi connectivity index (χ2n) is 4.78. The van der Waals surface area contributed by atoms with E-state index in [4.69, 9.17) is 28.3 Å². The molecule has 1 heterocycles. The summed E-state index contributed by atoms with van der Waals surface area (Å²) in [6.07, 6.45) is 1.64. The minimum absolute atomic E-state index is 0.0307. The molecule has 23 heavy (non-hydrogen) atoms. The topological polar surface area (TPSA) is 78.0 Å². The monoisotopic (exact) mass is 367 g/mol. The molecule has 2 N–H and O–H groups in total. The number of hydrogen-bond acceptors (Lipinski definition) is 3. The van der Waals surface area contributed by atoms with Gasteiger partial charge in [0.05, 0.1) is 15.6 Å². The van der Waals surface area contributed by atoms with Crippen LogP contribution in [0.5, 0.6) is 0 Å². The van der Waals surface area contributed by atoms with Crippen molar-refractivity contribution < 1.29 is 8.42 Å². The van der Waals surface area contributed by atoms with Crippen LogP contribution in [0.3, 0.4) is 0 Å².